The van der Waals surface area contributed by atoms with Crippen LogP contribution in [0.2, 0.25) is 0 Å². The van der Waals surface area contributed by atoms with Gasteiger partial charge in [-0.05, 0) is 51.6 Å². The number of nitrogens with zero attached hydrogens (tertiary/aromatic N) is 2. The molecule has 2 atom stereocenters. The van der Waals surface area contributed by atoms with E-state index in [0.717, 1.165) is 38.3 Å². The zero-order chi connectivity index (χ0) is 17.5. The highest BCUT2D eigenvalue weighted by atomic mass is 16.5. The van der Waals surface area contributed by atoms with Crippen LogP contribution in [0.5, 0.6) is 0 Å². The monoisotopic (exact) mass is 337 g/mol. The molecule has 0 radical (unpaired) electrons. The molecule has 0 aromatic carbocycles. The molecular weight excluding hydrogens is 310 g/mol. The van der Waals surface area contributed by atoms with E-state index in [0.29, 0.717) is 24.7 Å². The molecule has 2 heterocycles. The van der Waals surface area contributed by atoms with E-state index in [1.54, 1.807) is 6.07 Å². The maximum atomic E-state index is 12.4. The summed E-state index contributed by atoms with van der Waals surface area (Å²) in [5.41, 5.74) is 0.726. The number of methoxy groups -OCH3 is 1. The Morgan fingerprint density at radius 3 is 2.79 bits per heavy atom. The summed E-state index contributed by atoms with van der Waals surface area (Å²) in [5, 5.41) is 7.34. The highest BCUT2D eigenvalue weighted by Gasteiger charge is 2.29. The fraction of sp³-hybridized carbons (Fsp3) is 0.706. The van der Waals surface area contributed by atoms with Gasteiger partial charge in [0.25, 0.3) is 0 Å². The summed E-state index contributed by atoms with van der Waals surface area (Å²) in [6.07, 6.45) is 2.22. The number of nitrogens with one attached hydrogen (secondary N) is 1. The Morgan fingerprint density at radius 1 is 1.38 bits per heavy atom. The number of amides is 1. The van der Waals surface area contributed by atoms with E-state index in [9.17, 15) is 9.59 Å². The van der Waals surface area contributed by atoms with E-state index >= 15 is 0 Å². The molecule has 2 unspecified atom stereocenters. The lowest BCUT2D eigenvalue weighted by atomic mass is 9.81. The topological polar surface area (TPSA) is 84.7 Å². The number of hydrogen-bond acceptors (Lipinski definition) is 6. The summed E-state index contributed by atoms with van der Waals surface area (Å²) in [7, 11) is 1.31. The summed E-state index contributed by atoms with van der Waals surface area (Å²) in [5.74, 6) is 0.426. The molecule has 1 fully saturated rings. The Morgan fingerprint density at radius 2 is 2.12 bits per heavy atom. The molecule has 0 bridgehead atoms. The zero-order valence-corrected chi connectivity index (χ0v) is 14.7. The molecular formula is C17H27N3O4. The number of esters is 1. The first-order chi connectivity index (χ1) is 11.6. The molecule has 1 amide bonds. The van der Waals surface area contributed by atoms with Crippen molar-refractivity contribution in [3.63, 3.8) is 0 Å². The first kappa shape index (κ1) is 18.4. The minimum absolute atomic E-state index is 0.118. The van der Waals surface area contributed by atoms with Crippen LogP contribution in [-0.2, 0) is 16.0 Å². The highest BCUT2D eigenvalue weighted by molar-refractivity contribution is 5.86. The number of hydrogen-bond donors (Lipinski definition) is 1. The summed E-state index contributed by atoms with van der Waals surface area (Å²) in [6.45, 7) is 7.28. The van der Waals surface area contributed by atoms with E-state index in [1.807, 2.05) is 18.7 Å². The number of carbonyl (C=O) groups excluding carboxylic acids is 2. The third kappa shape index (κ3) is 4.56. The number of ether oxygens (including phenoxy) is 1. The van der Waals surface area contributed by atoms with Crippen molar-refractivity contribution < 1.29 is 18.8 Å². The van der Waals surface area contributed by atoms with Gasteiger partial charge in [-0.1, -0.05) is 5.16 Å². The van der Waals surface area contributed by atoms with E-state index in [1.165, 1.54) is 7.11 Å². The van der Waals surface area contributed by atoms with Crippen LogP contribution in [-0.4, -0.2) is 55.2 Å². The van der Waals surface area contributed by atoms with Crippen LogP contribution in [0.15, 0.2) is 10.6 Å². The van der Waals surface area contributed by atoms with E-state index < -0.39 is 5.97 Å². The van der Waals surface area contributed by atoms with Gasteiger partial charge in [-0.2, -0.15) is 0 Å². The summed E-state index contributed by atoms with van der Waals surface area (Å²) >= 11 is 0. The molecule has 7 nitrogen and oxygen atoms in total. The van der Waals surface area contributed by atoms with Crippen LogP contribution in [0, 0.1) is 11.8 Å². The lowest BCUT2D eigenvalue weighted by Gasteiger charge is -2.32. The van der Waals surface area contributed by atoms with Gasteiger partial charge in [0.2, 0.25) is 11.7 Å². The predicted octanol–water partition coefficient (Wildman–Crippen LogP) is 1.49. The molecule has 1 aromatic heterocycles. The van der Waals surface area contributed by atoms with Crippen molar-refractivity contribution >= 4 is 11.9 Å². The predicted molar refractivity (Wildman–Crippen MR) is 88.6 cm³/mol. The maximum absolute atomic E-state index is 12.4. The van der Waals surface area contributed by atoms with Crippen molar-refractivity contribution in [2.45, 2.75) is 33.1 Å². The average Bonchev–Trinajstić information content (AvgIpc) is 3.05. The Bertz CT molecular complexity index is 554. The minimum Gasteiger partial charge on any atom is -0.463 e. The Kier molecular flexibility index (Phi) is 6.78. The molecule has 0 saturated carbocycles. The molecule has 2 rings (SSSR count). The van der Waals surface area contributed by atoms with Crippen molar-refractivity contribution in [1.29, 1.82) is 0 Å². The van der Waals surface area contributed by atoms with Gasteiger partial charge in [0.05, 0.1) is 12.8 Å². The van der Waals surface area contributed by atoms with Crippen LogP contribution in [0.4, 0.5) is 0 Å². The Balaban J connectivity index is 2.00. The third-order valence-corrected chi connectivity index (χ3v) is 4.73. The summed E-state index contributed by atoms with van der Waals surface area (Å²) < 4.78 is 9.66. The number of rotatable bonds is 7. The van der Waals surface area contributed by atoms with Gasteiger partial charge in [-0.25, -0.2) is 4.79 Å². The molecule has 0 spiro atoms. The van der Waals surface area contributed by atoms with Crippen LogP contribution in [0.1, 0.15) is 42.9 Å². The quantitative estimate of drug-likeness (QED) is 0.759. The van der Waals surface area contributed by atoms with Gasteiger partial charge in [0, 0.05) is 25.6 Å². The second kappa shape index (κ2) is 8.82. The van der Waals surface area contributed by atoms with Gasteiger partial charge < -0.3 is 19.5 Å². The molecule has 1 aliphatic rings. The van der Waals surface area contributed by atoms with Crippen LogP contribution < -0.4 is 5.32 Å². The van der Waals surface area contributed by atoms with Crippen molar-refractivity contribution in [1.82, 2.24) is 15.4 Å². The maximum Gasteiger partial charge on any atom is 0.376 e. The minimum atomic E-state index is -0.524. The number of piperidine rings is 1. The van der Waals surface area contributed by atoms with E-state index in [4.69, 9.17) is 4.52 Å². The fourth-order valence-corrected chi connectivity index (χ4v) is 3.29. The van der Waals surface area contributed by atoms with Gasteiger partial charge in [0.15, 0.2) is 0 Å². The summed E-state index contributed by atoms with van der Waals surface area (Å²) in [4.78, 5) is 25.7. The second-order valence-electron chi connectivity index (χ2n) is 6.16. The zero-order valence-electron chi connectivity index (χ0n) is 14.7. The lowest BCUT2D eigenvalue weighted by molar-refractivity contribution is -0.132. The largest absolute Gasteiger partial charge is 0.463 e. The first-order valence-electron chi connectivity index (χ1n) is 8.61. The molecule has 1 aromatic rings. The number of carbonyl (C=O) groups is 2. The molecule has 24 heavy (non-hydrogen) atoms. The lowest BCUT2D eigenvalue weighted by Crippen LogP contribution is -2.41. The van der Waals surface area contributed by atoms with Crippen molar-refractivity contribution in [3.05, 3.63) is 17.5 Å². The smallest absolute Gasteiger partial charge is 0.376 e. The summed E-state index contributed by atoms with van der Waals surface area (Å²) in [6, 6.07) is 1.63. The van der Waals surface area contributed by atoms with Crippen LogP contribution >= 0.6 is 0 Å². The first-order valence-corrected chi connectivity index (χ1v) is 8.61. The molecule has 1 N–H and O–H groups in total. The molecule has 7 heteroatoms. The van der Waals surface area contributed by atoms with Gasteiger partial charge >= 0.3 is 5.97 Å². The van der Waals surface area contributed by atoms with Gasteiger partial charge in [-0.3, -0.25) is 4.79 Å². The van der Waals surface area contributed by atoms with E-state index in [2.05, 4.69) is 15.2 Å². The van der Waals surface area contributed by atoms with Gasteiger partial charge in [-0.15, -0.1) is 0 Å². The molecule has 134 valence electrons. The highest BCUT2D eigenvalue weighted by Crippen LogP contribution is 2.27. The SMILES string of the molecule is CCN(CC)C(=O)CC1CCNCC1Cc1cc(C(=O)OC)on1. The van der Waals surface area contributed by atoms with Crippen molar-refractivity contribution in [2.24, 2.45) is 11.8 Å². The molecule has 1 aliphatic heterocycles. The fourth-order valence-electron chi connectivity index (χ4n) is 3.29. The van der Waals surface area contributed by atoms with Crippen LogP contribution in [0.25, 0.3) is 0 Å². The average molecular weight is 337 g/mol. The standard InChI is InChI=1S/C17H27N3O4/c1-4-20(5-2)16(21)9-12-6-7-18-11-13(12)8-14-10-15(24-19-14)17(22)23-3/h10,12-13,18H,4-9,11H2,1-3H3. The Labute approximate surface area is 142 Å². The van der Waals surface area contributed by atoms with Crippen molar-refractivity contribution in [3.8, 4) is 0 Å². The second-order valence-corrected chi connectivity index (χ2v) is 6.16. The van der Waals surface area contributed by atoms with Crippen LogP contribution in [0.3, 0.4) is 0 Å². The van der Waals surface area contributed by atoms with E-state index in [-0.39, 0.29) is 11.7 Å². The Hall–Kier alpha value is -1.89. The number of aromatic nitrogens is 1. The van der Waals surface area contributed by atoms with Gasteiger partial charge in [0.1, 0.15) is 0 Å². The molecule has 1 saturated heterocycles. The van der Waals surface area contributed by atoms with Crippen molar-refractivity contribution in [2.75, 3.05) is 33.3 Å². The normalized spacial score (nSPS) is 20.6. The molecule has 0 aliphatic carbocycles. The third-order valence-electron chi connectivity index (χ3n) is 4.73.